The Labute approximate surface area is 123 Å². The van der Waals surface area contributed by atoms with Gasteiger partial charge in [-0.3, -0.25) is 9.20 Å². The summed E-state index contributed by atoms with van der Waals surface area (Å²) in [5, 5.41) is 18.1. The summed E-state index contributed by atoms with van der Waals surface area (Å²) in [4.78, 5) is 16.2. The third kappa shape index (κ3) is 2.39. The van der Waals surface area contributed by atoms with E-state index in [1.54, 1.807) is 0 Å². The second-order valence-corrected chi connectivity index (χ2v) is 6.08. The molecule has 0 aliphatic heterocycles. The highest BCUT2D eigenvalue weighted by Crippen LogP contribution is 2.39. The fourth-order valence-corrected chi connectivity index (χ4v) is 3.41. The average Bonchev–Trinajstić information content (AvgIpc) is 2.82. The molecule has 0 unspecified atom stereocenters. The maximum Gasteiger partial charge on any atom is 0.310 e. The van der Waals surface area contributed by atoms with E-state index in [9.17, 15) is 9.90 Å². The zero-order chi connectivity index (χ0) is 15.0. The minimum Gasteiger partial charge on any atom is -0.481 e. The summed E-state index contributed by atoms with van der Waals surface area (Å²) in [6.45, 7) is 3.82. The minimum atomic E-state index is -0.711. The van der Waals surface area contributed by atoms with E-state index in [4.69, 9.17) is 0 Å². The number of aromatic nitrogens is 4. The SMILES string of the molecule is Cc1cc2nnc(CC3(C(=O)O)CCCCC3)n2c(C)n1. The third-order valence-electron chi connectivity index (χ3n) is 4.52. The normalized spacial score (nSPS) is 18.0. The molecule has 0 radical (unpaired) electrons. The number of rotatable bonds is 3. The molecular formula is C15H20N4O2. The molecule has 6 nitrogen and oxygen atoms in total. The van der Waals surface area contributed by atoms with Crippen molar-refractivity contribution in [2.75, 3.05) is 0 Å². The van der Waals surface area contributed by atoms with Gasteiger partial charge in [-0.05, 0) is 26.7 Å². The maximum atomic E-state index is 11.8. The molecule has 3 rings (SSSR count). The van der Waals surface area contributed by atoms with Gasteiger partial charge in [0.2, 0.25) is 0 Å². The summed E-state index contributed by atoms with van der Waals surface area (Å²) in [7, 11) is 0. The fraction of sp³-hybridized carbons (Fsp3) is 0.600. The Morgan fingerprint density at radius 2 is 2.00 bits per heavy atom. The third-order valence-corrected chi connectivity index (χ3v) is 4.52. The zero-order valence-electron chi connectivity index (χ0n) is 12.5. The molecule has 1 N–H and O–H groups in total. The predicted molar refractivity (Wildman–Crippen MR) is 77.1 cm³/mol. The summed E-state index contributed by atoms with van der Waals surface area (Å²) >= 11 is 0. The molecule has 0 aromatic carbocycles. The van der Waals surface area contributed by atoms with Crippen LogP contribution in [-0.4, -0.2) is 30.7 Å². The molecule has 1 fully saturated rings. The largest absolute Gasteiger partial charge is 0.481 e. The minimum absolute atomic E-state index is 0.426. The van der Waals surface area contributed by atoms with E-state index in [1.165, 1.54) is 0 Å². The first-order valence-electron chi connectivity index (χ1n) is 7.43. The Hall–Kier alpha value is -1.98. The smallest absolute Gasteiger partial charge is 0.310 e. The number of carboxylic acid groups (broad SMARTS) is 1. The van der Waals surface area contributed by atoms with Crippen molar-refractivity contribution < 1.29 is 9.90 Å². The summed E-state index contributed by atoms with van der Waals surface area (Å²) in [5.74, 6) is 0.803. The van der Waals surface area contributed by atoms with Crippen molar-refractivity contribution in [3.8, 4) is 0 Å². The number of carbonyl (C=O) groups is 1. The van der Waals surface area contributed by atoms with Crippen LogP contribution in [-0.2, 0) is 11.2 Å². The summed E-state index contributed by atoms with van der Waals surface area (Å²) < 4.78 is 1.88. The van der Waals surface area contributed by atoms with Crippen molar-refractivity contribution in [1.82, 2.24) is 19.6 Å². The van der Waals surface area contributed by atoms with Gasteiger partial charge in [-0.15, -0.1) is 10.2 Å². The van der Waals surface area contributed by atoms with E-state index >= 15 is 0 Å². The van der Waals surface area contributed by atoms with Gasteiger partial charge in [-0.2, -0.15) is 0 Å². The standard InChI is InChI=1S/C15H20N4O2/c1-10-8-12-17-18-13(19(12)11(2)16-10)9-15(14(20)21)6-4-3-5-7-15/h8H,3-7,9H2,1-2H3,(H,20,21). The van der Waals surface area contributed by atoms with Crippen molar-refractivity contribution in [3.63, 3.8) is 0 Å². The lowest BCUT2D eigenvalue weighted by Gasteiger charge is -2.32. The number of aryl methyl sites for hydroxylation is 2. The van der Waals surface area contributed by atoms with Gasteiger partial charge in [0.15, 0.2) is 5.65 Å². The van der Waals surface area contributed by atoms with Crippen LogP contribution in [0.5, 0.6) is 0 Å². The molecular weight excluding hydrogens is 268 g/mol. The second-order valence-electron chi connectivity index (χ2n) is 6.08. The van der Waals surface area contributed by atoms with E-state index in [0.29, 0.717) is 12.2 Å². The molecule has 1 saturated carbocycles. The van der Waals surface area contributed by atoms with Crippen molar-refractivity contribution in [2.45, 2.75) is 52.4 Å². The highest BCUT2D eigenvalue weighted by atomic mass is 16.4. The Balaban J connectivity index is 2.02. The second kappa shape index (κ2) is 5.09. The molecule has 2 aromatic rings. The fourth-order valence-electron chi connectivity index (χ4n) is 3.41. The molecule has 0 atom stereocenters. The topological polar surface area (TPSA) is 80.4 Å². The molecule has 112 valence electrons. The number of fused-ring (bicyclic) bond motifs is 1. The van der Waals surface area contributed by atoms with Crippen molar-refractivity contribution in [3.05, 3.63) is 23.4 Å². The Kier molecular flexibility index (Phi) is 3.39. The molecule has 1 aliphatic carbocycles. The Morgan fingerprint density at radius 1 is 1.29 bits per heavy atom. The maximum absolute atomic E-state index is 11.8. The van der Waals surface area contributed by atoms with E-state index in [0.717, 1.165) is 49.3 Å². The first-order valence-corrected chi connectivity index (χ1v) is 7.43. The van der Waals surface area contributed by atoms with E-state index in [1.807, 2.05) is 24.3 Å². The highest BCUT2D eigenvalue weighted by Gasteiger charge is 2.41. The number of hydrogen-bond acceptors (Lipinski definition) is 4. The molecule has 2 aromatic heterocycles. The molecule has 0 saturated heterocycles. The van der Waals surface area contributed by atoms with Crippen LogP contribution < -0.4 is 0 Å². The number of carboxylic acids is 1. The van der Waals surface area contributed by atoms with Crippen molar-refractivity contribution >= 4 is 11.6 Å². The van der Waals surface area contributed by atoms with Gasteiger partial charge in [0.1, 0.15) is 11.6 Å². The summed E-state index contributed by atoms with van der Waals surface area (Å²) in [5.41, 5.74) is 0.939. The van der Waals surface area contributed by atoms with Crippen LogP contribution in [0, 0.1) is 19.3 Å². The Morgan fingerprint density at radius 3 is 2.67 bits per heavy atom. The summed E-state index contributed by atoms with van der Waals surface area (Å²) in [6.07, 6.45) is 4.92. The zero-order valence-corrected chi connectivity index (χ0v) is 12.5. The van der Waals surface area contributed by atoms with Crippen molar-refractivity contribution in [2.24, 2.45) is 5.41 Å². The number of nitrogens with zero attached hydrogens (tertiary/aromatic N) is 4. The molecule has 1 aliphatic rings. The van der Waals surface area contributed by atoms with Gasteiger partial charge in [-0.25, -0.2) is 4.98 Å². The predicted octanol–water partition coefficient (Wildman–Crippen LogP) is 2.32. The van der Waals surface area contributed by atoms with Crippen molar-refractivity contribution in [1.29, 1.82) is 0 Å². The molecule has 0 amide bonds. The van der Waals surface area contributed by atoms with Crippen LogP contribution in [0.4, 0.5) is 0 Å². The Bertz CT molecular complexity index is 686. The summed E-state index contributed by atoms with van der Waals surface area (Å²) in [6, 6.07) is 1.87. The highest BCUT2D eigenvalue weighted by molar-refractivity contribution is 5.75. The van der Waals surface area contributed by atoms with E-state index < -0.39 is 11.4 Å². The number of hydrogen-bond donors (Lipinski definition) is 1. The first-order chi connectivity index (χ1) is 10.0. The lowest BCUT2D eigenvalue weighted by molar-refractivity contribution is -0.151. The van der Waals surface area contributed by atoms with Crippen LogP contribution in [0.15, 0.2) is 6.07 Å². The van der Waals surface area contributed by atoms with Gasteiger partial charge < -0.3 is 5.11 Å². The first kappa shape index (κ1) is 14.0. The molecule has 6 heteroatoms. The van der Waals surface area contributed by atoms with Gasteiger partial charge in [-0.1, -0.05) is 19.3 Å². The molecule has 21 heavy (non-hydrogen) atoms. The lowest BCUT2D eigenvalue weighted by Crippen LogP contribution is -2.36. The van der Waals surface area contributed by atoms with Crippen LogP contribution in [0.1, 0.15) is 49.4 Å². The van der Waals surface area contributed by atoms with Gasteiger partial charge in [0, 0.05) is 18.2 Å². The van der Waals surface area contributed by atoms with Crippen LogP contribution in [0.2, 0.25) is 0 Å². The van der Waals surface area contributed by atoms with Crippen LogP contribution in [0.25, 0.3) is 5.65 Å². The monoisotopic (exact) mass is 288 g/mol. The van der Waals surface area contributed by atoms with Crippen LogP contribution >= 0.6 is 0 Å². The van der Waals surface area contributed by atoms with E-state index in [-0.39, 0.29) is 0 Å². The molecule has 2 heterocycles. The van der Waals surface area contributed by atoms with Gasteiger partial charge in [0.25, 0.3) is 0 Å². The van der Waals surface area contributed by atoms with Gasteiger partial charge >= 0.3 is 5.97 Å². The molecule has 0 spiro atoms. The quantitative estimate of drug-likeness (QED) is 0.937. The lowest BCUT2D eigenvalue weighted by atomic mass is 9.71. The van der Waals surface area contributed by atoms with Crippen LogP contribution in [0.3, 0.4) is 0 Å². The average molecular weight is 288 g/mol. The molecule has 0 bridgehead atoms. The number of aliphatic carboxylic acids is 1. The van der Waals surface area contributed by atoms with E-state index in [2.05, 4.69) is 15.2 Å². The van der Waals surface area contributed by atoms with Gasteiger partial charge in [0.05, 0.1) is 5.41 Å².